The van der Waals surface area contributed by atoms with E-state index in [9.17, 15) is 4.79 Å². The fraction of sp³-hybridized carbons (Fsp3) is 0.222. The smallest absolute Gasteiger partial charge is 0.211 e. The van der Waals surface area contributed by atoms with E-state index in [1.165, 1.54) is 23.6 Å². The molecule has 0 heterocycles. The fourth-order valence-corrected chi connectivity index (χ4v) is 1.30. The summed E-state index contributed by atoms with van der Waals surface area (Å²) in [5.74, 6) is 0. The Hall–Kier alpha value is -1.40. The van der Waals surface area contributed by atoms with E-state index in [2.05, 4.69) is 4.99 Å². The van der Waals surface area contributed by atoms with Crippen LogP contribution in [0, 0.1) is 0 Å². The van der Waals surface area contributed by atoms with Crippen LogP contribution in [0.15, 0.2) is 23.2 Å². The van der Waals surface area contributed by atoms with Gasteiger partial charge in [0.15, 0.2) is 0 Å². The quantitative estimate of drug-likeness (QED) is 0.437. The molecule has 1 aliphatic rings. The lowest BCUT2D eigenvalue weighted by Crippen LogP contribution is -2.06. The van der Waals surface area contributed by atoms with Gasteiger partial charge < -0.3 is 0 Å². The highest BCUT2D eigenvalue weighted by atomic mass is 16.1. The van der Waals surface area contributed by atoms with Crippen LogP contribution in [0.4, 0.5) is 5.69 Å². The van der Waals surface area contributed by atoms with Gasteiger partial charge in [0.1, 0.15) is 0 Å². The monoisotopic (exact) mass is 145 g/mol. The van der Waals surface area contributed by atoms with Crippen LogP contribution in [0.5, 0.6) is 0 Å². The summed E-state index contributed by atoms with van der Waals surface area (Å²) in [6, 6.07) is 5.82. The minimum atomic E-state index is 0.721. The molecule has 0 saturated carbocycles. The molecule has 0 radical (unpaired) electrons. The Labute approximate surface area is 64.6 Å². The lowest BCUT2D eigenvalue weighted by molar-refractivity contribution is 0.565. The summed E-state index contributed by atoms with van der Waals surface area (Å²) in [6.45, 7) is 0. The molecule has 2 nitrogen and oxygen atoms in total. The van der Waals surface area contributed by atoms with E-state index in [4.69, 9.17) is 0 Å². The van der Waals surface area contributed by atoms with Crippen molar-refractivity contribution in [2.24, 2.45) is 4.99 Å². The van der Waals surface area contributed by atoms with Crippen molar-refractivity contribution in [1.29, 1.82) is 0 Å². The van der Waals surface area contributed by atoms with Gasteiger partial charge in [-0.1, -0.05) is 6.07 Å². The Morgan fingerprint density at radius 1 is 1.27 bits per heavy atom. The van der Waals surface area contributed by atoms with Crippen LogP contribution in [-0.4, -0.2) is 6.08 Å². The molecule has 11 heavy (non-hydrogen) atoms. The van der Waals surface area contributed by atoms with Crippen molar-refractivity contribution in [3.8, 4) is 0 Å². The third-order valence-electron chi connectivity index (χ3n) is 2.03. The molecule has 0 spiro atoms. The number of aliphatic imine (C=N–C) groups is 1. The average molecular weight is 145 g/mol. The first-order chi connectivity index (χ1) is 5.40. The van der Waals surface area contributed by atoms with E-state index in [0.717, 1.165) is 12.1 Å². The van der Waals surface area contributed by atoms with E-state index in [0.29, 0.717) is 0 Å². The van der Waals surface area contributed by atoms with E-state index in [1.807, 2.05) is 18.2 Å². The van der Waals surface area contributed by atoms with Crippen LogP contribution >= 0.6 is 0 Å². The molecule has 0 atom stereocenters. The molecule has 0 saturated heterocycles. The van der Waals surface area contributed by atoms with E-state index >= 15 is 0 Å². The Kier molecular flexibility index (Phi) is 1.34. The number of hydrogen-bond donors (Lipinski definition) is 0. The van der Waals surface area contributed by atoms with Crippen LogP contribution in [0.1, 0.15) is 11.1 Å². The number of nitrogens with zero attached hydrogens (tertiary/aromatic N) is 1. The highest BCUT2D eigenvalue weighted by Crippen LogP contribution is 2.26. The maximum Gasteiger partial charge on any atom is 0.240 e. The Balaban J connectivity index is 2.45. The summed E-state index contributed by atoms with van der Waals surface area (Å²) in [5, 5.41) is 0. The summed E-state index contributed by atoms with van der Waals surface area (Å²) < 4.78 is 0. The molecule has 1 aromatic carbocycles. The molecule has 1 aromatic rings. The maximum atomic E-state index is 9.90. The minimum Gasteiger partial charge on any atom is -0.211 e. The fourth-order valence-electron chi connectivity index (χ4n) is 1.30. The summed E-state index contributed by atoms with van der Waals surface area (Å²) in [5.41, 5.74) is 3.43. The highest BCUT2D eigenvalue weighted by Gasteiger charge is 2.11. The Bertz CT molecular complexity index is 337. The maximum absolute atomic E-state index is 9.90. The lowest BCUT2D eigenvalue weighted by atomic mass is 9.88. The van der Waals surface area contributed by atoms with Crippen molar-refractivity contribution in [3.05, 3.63) is 29.3 Å². The predicted octanol–water partition coefficient (Wildman–Crippen LogP) is 1.75. The number of hydrogen-bond acceptors (Lipinski definition) is 2. The molecule has 0 fully saturated rings. The standard InChI is InChI=1S/C9H7NO/c11-6-10-9-4-3-7-1-2-8(7)5-9/h3-5H,1-2H2. The minimum absolute atomic E-state index is 0.721. The first-order valence-corrected chi connectivity index (χ1v) is 3.60. The molecule has 54 valence electrons. The van der Waals surface area contributed by atoms with Crippen molar-refractivity contribution < 1.29 is 4.79 Å². The number of aryl methyl sites for hydroxylation is 2. The molecule has 0 N–H and O–H groups in total. The van der Waals surface area contributed by atoms with Gasteiger partial charge >= 0.3 is 0 Å². The third-order valence-corrected chi connectivity index (χ3v) is 2.03. The van der Waals surface area contributed by atoms with Gasteiger partial charge in [0.05, 0.1) is 5.69 Å². The van der Waals surface area contributed by atoms with Crippen LogP contribution < -0.4 is 0 Å². The first kappa shape index (κ1) is 6.32. The van der Waals surface area contributed by atoms with Gasteiger partial charge in [-0.15, -0.1) is 0 Å². The van der Waals surface area contributed by atoms with Crippen molar-refractivity contribution >= 4 is 11.8 Å². The number of rotatable bonds is 1. The van der Waals surface area contributed by atoms with Crippen LogP contribution in [0.25, 0.3) is 0 Å². The predicted molar refractivity (Wildman–Crippen MR) is 41.6 cm³/mol. The lowest BCUT2D eigenvalue weighted by Gasteiger charge is -2.17. The van der Waals surface area contributed by atoms with Gasteiger partial charge in [0, 0.05) is 0 Å². The molecular formula is C9H7NO. The molecule has 0 unspecified atom stereocenters. The molecule has 1 aliphatic carbocycles. The molecular weight excluding hydrogens is 138 g/mol. The Morgan fingerprint density at radius 2 is 2.09 bits per heavy atom. The van der Waals surface area contributed by atoms with Crippen molar-refractivity contribution in [2.75, 3.05) is 0 Å². The number of carbonyl (C=O) groups excluding carboxylic acids is 1. The summed E-state index contributed by atoms with van der Waals surface area (Å²) in [6.07, 6.45) is 3.82. The zero-order chi connectivity index (χ0) is 7.68. The van der Waals surface area contributed by atoms with Crippen molar-refractivity contribution in [1.82, 2.24) is 0 Å². The summed E-state index contributed by atoms with van der Waals surface area (Å²) >= 11 is 0. The van der Waals surface area contributed by atoms with Crippen LogP contribution in [0.3, 0.4) is 0 Å². The molecule has 0 aliphatic heterocycles. The van der Waals surface area contributed by atoms with Gasteiger partial charge in [-0.25, -0.2) is 4.79 Å². The van der Waals surface area contributed by atoms with Crippen molar-refractivity contribution in [2.45, 2.75) is 12.8 Å². The topological polar surface area (TPSA) is 29.4 Å². The van der Waals surface area contributed by atoms with Crippen LogP contribution in [0.2, 0.25) is 0 Å². The second-order valence-electron chi connectivity index (χ2n) is 2.66. The zero-order valence-corrected chi connectivity index (χ0v) is 6.00. The normalized spacial score (nSPS) is 12.7. The zero-order valence-electron chi connectivity index (χ0n) is 6.00. The van der Waals surface area contributed by atoms with E-state index in [1.54, 1.807) is 0 Å². The van der Waals surface area contributed by atoms with E-state index < -0.39 is 0 Å². The molecule has 0 bridgehead atoms. The van der Waals surface area contributed by atoms with Gasteiger partial charge in [0.2, 0.25) is 6.08 Å². The largest absolute Gasteiger partial charge is 0.240 e. The van der Waals surface area contributed by atoms with Gasteiger partial charge in [-0.05, 0) is 36.1 Å². The summed E-state index contributed by atoms with van der Waals surface area (Å²) in [7, 11) is 0. The van der Waals surface area contributed by atoms with Gasteiger partial charge in [0.25, 0.3) is 0 Å². The number of fused-ring (bicyclic) bond motifs is 1. The number of benzene rings is 1. The van der Waals surface area contributed by atoms with Crippen LogP contribution in [-0.2, 0) is 17.6 Å². The first-order valence-electron chi connectivity index (χ1n) is 3.60. The third kappa shape index (κ3) is 0.975. The Morgan fingerprint density at radius 3 is 2.64 bits per heavy atom. The molecule has 0 amide bonds. The van der Waals surface area contributed by atoms with Gasteiger partial charge in [-0.2, -0.15) is 4.99 Å². The molecule has 0 aromatic heterocycles. The highest BCUT2D eigenvalue weighted by molar-refractivity contribution is 5.53. The van der Waals surface area contributed by atoms with E-state index in [-0.39, 0.29) is 0 Å². The molecule has 2 heteroatoms. The second-order valence-corrected chi connectivity index (χ2v) is 2.66. The van der Waals surface area contributed by atoms with Crippen molar-refractivity contribution in [3.63, 3.8) is 0 Å². The second kappa shape index (κ2) is 2.33. The SMILES string of the molecule is O=C=Nc1ccc2c(c1)CC2. The number of isocyanates is 1. The molecule has 2 rings (SSSR count). The summed E-state index contributed by atoms with van der Waals surface area (Å²) in [4.78, 5) is 13.4. The average Bonchev–Trinajstić information content (AvgIpc) is 1.96. The van der Waals surface area contributed by atoms with Gasteiger partial charge in [-0.3, -0.25) is 0 Å².